The molecule has 2 atom stereocenters. The summed E-state index contributed by atoms with van der Waals surface area (Å²) in [5, 5.41) is 0. The minimum Gasteiger partial charge on any atom is -0.224 e. The number of nitrogens with one attached hydrogen (secondary N) is 2. The molecule has 0 saturated carbocycles. The number of aryl methyl sites for hydroxylation is 1. The summed E-state index contributed by atoms with van der Waals surface area (Å²) in [7, 11) is -3.38. The molecule has 0 aliphatic carbocycles. The van der Waals surface area contributed by atoms with Crippen molar-refractivity contribution in [3.05, 3.63) is 107 Å². The monoisotopic (exact) mass is 560 g/mol. The van der Waals surface area contributed by atoms with Gasteiger partial charge in [-0.1, -0.05) is 104 Å². The second-order valence-corrected chi connectivity index (χ2v) is 9.84. The molecule has 0 aliphatic rings. The molecule has 3 aromatic carbocycles. The molecule has 2 N–H and O–H groups in total. The van der Waals surface area contributed by atoms with Gasteiger partial charge >= 0.3 is 0 Å². The van der Waals surface area contributed by atoms with Crippen LogP contribution in [-0.4, -0.2) is 14.7 Å². The van der Waals surface area contributed by atoms with E-state index in [1.807, 2.05) is 60.7 Å². The van der Waals surface area contributed by atoms with E-state index in [2.05, 4.69) is 54.6 Å². The second-order valence-electron chi connectivity index (χ2n) is 7.84. The maximum absolute atomic E-state index is 11.7. The molecule has 0 heterocycles. The van der Waals surface area contributed by atoms with Crippen LogP contribution in [0.3, 0.4) is 0 Å². The van der Waals surface area contributed by atoms with E-state index in [0.29, 0.717) is 5.92 Å². The maximum Gasteiger partial charge on any atom is 0.209 e. The van der Waals surface area contributed by atoms with Crippen molar-refractivity contribution in [3.63, 3.8) is 0 Å². The van der Waals surface area contributed by atoms with Gasteiger partial charge in [-0.05, 0) is 41.3 Å². The first-order valence-electron chi connectivity index (χ1n) is 10.2. The Kier molecular flexibility index (Phi) is 12.3. The van der Waals surface area contributed by atoms with Gasteiger partial charge in [0.15, 0.2) is 0 Å². The molecule has 4 nitrogen and oxygen atoms in total. The largest absolute Gasteiger partial charge is 0.224 e. The van der Waals surface area contributed by atoms with Crippen molar-refractivity contribution in [1.82, 2.24) is 9.56 Å². The maximum atomic E-state index is 11.7. The quantitative estimate of drug-likeness (QED) is 0.281. The fourth-order valence-corrected chi connectivity index (χ4v) is 4.14. The smallest absolute Gasteiger partial charge is 0.209 e. The normalized spacial score (nSPS) is 12.8. The van der Waals surface area contributed by atoms with Gasteiger partial charge in [0.25, 0.3) is 0 Å². The van der Waals surface area contributed by atoms with Crippen molar-refractivity contribution in [2.45, 2.75) is 38.8 Å². The van der Waals surface area contributed by atoms with Crippen LogP contribution in [0.25, 0.3) is 0 Å². The molecule has 0 saturated heterocycles. The van der Waals surface area contributed by atoms with Crippen molar-refractivity contribution in [2.75, 3.05) is 6.26 Å². The predicted molar refractivity (Wildman–Crippen MR) is 131 cm³/mol. The second kappa shape index (κ2) is 13.9. The van der Waals surface area contributed by atoms with Crippen molar-refractivity contribution >= 4 is 21.8 Å². The van der Waals surface area contributed by atoms with Crippen LogP contribution in [0.5, 0.6) is 0 Å². The molecular formula is C25H31ClN2O2RuS. The Balaban J connectivity index is 0.000000393. The van der Waals surface area contributed by atoms with Crippen LogP contribution < -0.4 is 9.56 Å². The summed E-state index contributed by atoms with van der Waals surface area (Å²) in [6, 6.07) is 26.7. The van der Waals surface area contributed by atoms with E-state index in [0.717, 1.165) is 17.4 Å². The van der Waals surface area contributed by atoms with Crippen LogP contribution in [0.15, 0.2) is 84.9 Å². The first-order valence-corrected chi connectivity index (χ1v) is 12.5. The third-order valence-corrected chi connectivity index (χ3v) is 5.77. The summed E-state index contributed by atoms with van der Waals surface area (Å²) in [4.78, 5) is 2.68. The molecule has 0 unspecified atom stereocenters. The van der Waals surface area contributed by atoms with Gasteiger partial charge in [-0.2, -0.15) is 0 Å². The Morgan fingerprint density at radius 1 is 0.719 bits per heavy atom. The molecule has 0 spiro atoms. The summed E-state index contributed by atoms with van der Waals surface area (Å²) in [6.45, 7) is 6.54. The molecular weight excluding hydrogens is 529 g/mol. The first kappa shape index (κ1) is 28.5. The van der Waals surface area contributed by atoms with Crippen LogP contribution in [0.4, 0.5) is 0 Å². The number of sulfonamides is 1. The molecule has 174 valence electrons. The fraction of sp³-hybridized carbons (Fsp3) is 0.280. The number of hydrogen-bond acceptors (Lipinski definition) is 3. The number of rotatable bonds is 7. The van der Waals surface area contributed by atoms with Crippen LogP contribution in [0, 0.1) is 6.92 Å². The molecule has 3 rings (SSSR count). The van der Waals surface area contributed by atoms with E-state index in [4.69, 9.17) is 11.8 Å². The van der Waals surface area contributed by atoms with E-state index >= 15 is 0 Å². The SMILES string of the molecule is CS(=O)(=O)N[C@H](c1ccccc1)[C@H](NCl)c1ccccc1.Cc1ccc(C(C)C)cc1.[Ru]. The van der Waals surface area contributed by atoms with Crippen LogP contribution in [0.2, 0.25) is 0 Å². The Bertz CT molecular complexity index is 1010. The van der Waals surface area contributed by atoms with Crippen molar-refractivity contribution in [2.24, 2.45) is 0 Å². The van der Waals surface area contributed by atoms with E-state index in [1.54, 1.807) is 0 Å². The average molecular weight is 560 g/mol. The van der Waals surface area contributed by atoms with Gasteiger partial charge in [-0.15, -0.1) is 0 Å². The molecule has 0 bridgehead atoms. The Hall–Kier alpha value is -1.56. The van der Waals surface area contributed by atoms with E-state index in [1.165, 1.54) is 11.1 Å². The van der Waals surface area contributed by atoms with Crippen molar-refractivity contribution in [1.29, 1.82) is 0 Å². The van der Waals surface area contributed by atoms with Crippen LogP contribution in [-0.2, 0) is 29.5 Å². The standard InChI is InChI=1S/C15H17ClN2O2S.C10H14.Ru/c1-21(19,20)18-15(13-10-6-3-7-11-13)14(17-16)12-8-4-2-5-9-12;1-8(2)10-6-4-9(3)5-7-10;/h2-11,14-15,17-18H,1H3;4-8H,1-3H3;/t14-,15-;;/m1../s1. The van der Waals surface area contributed by atoms with Gasteiger partial charge in [-0.3, -0.25) is 0 Å². The number of hydrogen-bond donors (Lipinski definition) is 2. The Morgan fingerprint density at radius 2 is 1.16 bits per heavy atom. The fourth-order valence-electron chi connectivity index (χ4n) is 3.15. The topological polar surface area (TPSA) is 58.2 Å². The molecule has 7 heteroatoms. The molecule has 0 aromatic heterocycles. The van der Waals surface area contributed by atoms with Gasteiger partial charge < -0.3 is 0 Å². The van der Waals surface area contributed by atoms with Gasteiger partial charge in [0.05, 0.1) is 18.3 Å². The molecule has 0 amide bonds. The van der Waals surface area contributed by atoms with Crippen molar-refractivity contribution < 1.29 is 27.9 Å². The average Bonchev–Trinajstić information content (AvgIpc) is 2.75. The summed E-state index contributed by atoms with van der Waals surface area (Å²) in [5.74, 6) is 0.653. The summed E-state index contributed by atoms with van der Waals surface area (Å²) < 4.78 is 26.0. The van der Waals surface area contributed by atoms with E-state index < -0.39 is 16.1 Å². The number of halogens is 1. The molecule has 0 aliphatic heterocycles. The zero-order valence-corrected chi connectivity index (χ0v) is 22.1. The van der Waals surface area contributed by atoms with Gasteiger partial charge in [0.2, 0.25) is 10.0 Å². The third kappa shape index (κ3) is 9.52. The molecule has 0 fully saturated rings. The van der Waals surface area contributed by atoms with Crippen LogP contribution >= 0.6 is 11.8 Å². The first-order chi connectivity index (χ1) is 14.7. The summed E-state index contributed by atoms with van der Waals surface area (Å²) >= 11 is 5.89. The number of benzene rings is 3. The minimum atomic E-state index is -3.38. The van der Waals surface area contributed by atoms with Gasteiger partial charge in [0.1, 0.15) is 0 Å². The zero-order valence-electron chi connectivity index (χ0n) is 18.8. The van der Waals surface area contributed by atoms with Crippen molar-refractivity contribution in [3.8, 4) is 0 Å². The summed E-state index contributed by atoms with van der Waals surface area (Å²) in [6.07, 6.45) is 1.14. The Labute approximate surface area is 210 Å². The molecule has 3 aromatic rings. The van der Waals surface area contributed by atoms with E-state index in [9.17, 15) is 8.42 Å². The van der Waals surface area contributed by atoms with Gasteiger partial charge in [-0.25, -0.2) is 18.0 Å². The zero-order chi connectivity index (χ0) is 22.9. The van der Waals surface area contributed by atoms with E-state index in [-0.39, 0.29) is 25.5 Å². The molecule has 0 radical (unpaired) electrons. The summed E-state index contributed by atoms with van der Waals surface area (Å²) in [5.41, 5.74) is 4.50. The minimum absolute atomic E-state index is 0. The van der Waals surface area contributed by atoms with Crippen LogP contribution in [0.1, 0.15) is 54.1 Å². The predicted octanol–water partition coefficient (Wildman–Crippen LogP) is 5.88. The Morgan fingerprint density at radius 3 is 1.53 bits per heavy atom. The molecule has 32 heavy (non-hydrogen) atoms. The third-order valence-electron chi connectivity index (χ3n) is 4.85. The van der Waals surface area contributed by atoms with Gasteiger partial charge in [0, 0.05) is 19.5 Å².